The van der Waals surface area contributed by atoms with Crippen molar-refractivity contribution < 1.29 is 22.9 Å². The predicted octanol–water partition coefficient (Wildman–Crippen LogP) is 4.48. The van der Waals surface area contributed by atoms with Gasteiger partial charge in [0.1, 0.15) is 0 Å². The van der Waals surface area contributed by atoms with Crippen molar-refractivity contribution in [1.29, 1.82) is 0 Å². The molecule has 0 fully saturated rings. The maximum atomic E-state index is 12.7. The lowest BCUT2D eigenvalue weighted by molar-refractivity contribution is -0.384. The van der Waals surface area contributed by atoms with E-state index in [1.54, 1.807) is 0 Å². The number of thiazole rings is 1. The van der Waals surface area contributed by atoms with E-state index in [4.69, 9.17) is 0 Å². The first-order valence-electron chi connectivity index (χ1n) is 6.77. The molecule has 2 aromatic carbocycles. The van der Waals surface area contributed by atoms with E-state index >= 15 is 0 Å². The Hall–Kier alpha value is -3.01. The van der Waals surface area contributed by atoms with Gasteiger partial charge in [-0.05, 0) is 24.3 Å². The second kappa shape index (κ2) is 6.13. The number of non-ortho nitro benzene ring substituents is 1. The lowest BCUT2D eigenvalue weighted by Crippen LogP contribution is -2.13. The van der Waals surface area contributed by atoms with Crippen molar-refractivity contribution in [3.63, 3.8) is 0 Å². The standard InChI is InChI=1S/C15H8F3N3O3S/c16-15(17,18)9-3-1-2-8(6-9)13(22)20-14-19-11-7-10(21(23)24)4-5-12(11)25-14/h1-7H,(H,19,20,22). The first-order valence-corrected chi connectivity index (χ1v) is 7.59. The molecule has 0 unspecified atom stereocenters. The van der Waals surface area contributed by atoms with Crippen LogP contribution in [0.3, 0.4) is 0 Å². The van der Waals surface area contributed by atoms with Gasteiger partial charge < -0.3 is 0 Å². The first-order chi connectivity index (χ1) is 11.7. The first kappa shape index (κ1) is 16.8. The Labute approximate surface area is 142 Å². The number of benzene rings is 2. The summed E-state index contributed by atoms with van der Waals surface area (Å²) >= 11 is 1.06. The van der Waals surface area contributed by atoms with E-state index in [0.29, 0.717) is 10.2 Å². The molecule has 128 valence electrons. The molecule has 0 atom stereocenters. The van der Waals surface area contributed by atoms with Crippen LogP contribution in [0.1, 0.15) is 15.9 Å². The number of nitrogens with one attached hydrogen (secondary N) is 1. The summed E-state index contributed by atoms with van der Waals surface area (Å²) in [6.45, 7) is 0. The third-order valence-corrected chi connectivity index (χ3v) is 4.21. The number of carbonyl (C=O) groups is 1. The van der Waals surface area contributed by atoms with E-state index in [0.717, 1.165) is 29.5 Å². The fourth-order valence-corrected chi connectivity index (χ4v) is 2.93. The fourth-order valence-electron chi connectivity index (χ4n) is 2.09. The number of anilines is 1. The Balaban J connectivity index is 1.86. The highest BCUT2D eigenvalue weighted by atomic mass is 32.1. The largest absolute Gasteiger partial charge is 0.416 e. The molecule has 0 aliphatic carbocycles. The number of carbonyl (C=O) groups excluding carboxylic acids is 1. The molecule has 0 saturated carbocycles. The summed E-state index contributed by atoms with van der Waals surface area (Å²) < 4.78 is 38.7. The minimum absolute atomic E-state index is 0.137. The van der Waals surface area contributed by atoms with Crippen molar-refractivity contribution in [1.82, 2.24) is 4.98 Å². The van der Waals surface area contributed by atoms with Gasteiger partial charge in [-0.25, -0.2) is 4.98 Å². The lowest BCUT2D eigenvalue weighted by Gasteiger charge is -2.08. The zero-order chi connectivity index (χ0) is 18.2. The molecule has 0 saturated heterocycles. The minimum Gasteiger partial charge on any atom is -0.298 e. The topological polar surface area (TPSA) is 85.1 Å². The molecule has 3 aromatic rings. The van der Waals surface area contributed by atoms with Crippen molar-refractivity contribution >= 4 is 38.3 Å². The number of nitrogens with zero attached hydrogens (tertiary/aromatic N) is 2. The van der Waals surface area contributed by atoms with Gasteiger partial charge in [-0.2, -0.15) is 13.2 Å². The zero-order valence-corrected chi connectivity index (χ0v) is 13.0. The number of nitro groups is 1. The van der Waals surface area contributed by atoms with Crippen molar-refractivity contribution in [2.24, 2.45) is 0 Å². The molecule has 0 radical (unpaired) electrons. The minimum atomic E-state index is -4.55. The van der Waals surface area contributed by atoms with Crippen LogP contribution < -0.4 is 5.32 Å². The normalized spacial score (nSPS) is 11.5. The molecule has 1 heterocycles. The van der Waals surface area contributed by atoms with Gasteiger partial charge in [0.15, 0.2) is 5.13 Å². The zero-order valence-electron chi connectivity index (χ0n) is 12.2. The van der Waals surface area contributed by atoms with Gasteiger partial charge in [-0.1, -0.05) is 17.4 Å². The number of amides is 1. The second-order valence-electron chi connectivity index (χ2n) is 4.96. The van der Waals surface area contributed by atoms with Crippen molar-refractivity contribution in [3.8, 4) is 0 Å². The molecular weight excluding hydrogens is 359 g/mol. The van der Waals surface area contributed by atoms with Gasteiger partial charge >= 0.3 is 6.18 Å². The summed E-state index contributed by atoms with van der Waals surface area (Å²) in [5.74, 6) is -0.750. The van der Waals surface area contributed by atoms with E-state index < -0.39 is 22.6 Å². The number of hydrogen-bond donors (Lipinski definition) is 1. The quantitative estimate of drug-likeness (QED) is 0.546. The fraction of sp³-hybridized carbons (Fsp3) is 0.0667. The molecule has 25 heavy (non-hydrogen) atoms. The van der Waals surface area contributed by atoms with Gasteiger partial charge in [0, 0.05) is 17.7 Å². The van der Waals surface area contributed by atoms with E-state index in [1.165, 1.54) is 24.3 Å². The number of rotatable bonds is 3. The van der Waals surface area contributed by atoms with Crippen LogP contribution in [-0.4, -0.2) is 15.8 Å². The Morgan fingerprint density at radius 1 is 1.20 bits per heavy atom. The molecule has 1 N–H and O–H groups in total. The summed E-state index contributed by atoms with van der Waals surface area (Å²) in [5.41, 5.74) is -0.924. The maximum Gasteiger partial charge on any atom is 0.416 e. The van der Waals surface area contributed by atoms with Crippen LogP contribution in [0.2, 0.25) is 0 Å². The number of alkyl halides is 3. The number of aromatic nitrogens is 1. The predicted molar refractivity (Wildman–Crippen MR) is 85.7 cm³/mol. The van der Waals surface area contributed by atoms with Gasteiger partial charge in [-0.3, -0.25) is 20.2 Å². The van der Waals surface area contributed by atoms with Crippen LogP contribution in [0.25, 0.3) is 10.2 Å². The summed E-state index contributed by atoms with van der Waals surface area (Å²) in [4.78, 5) is 26.4. The highest BCUT2D eigenvalue weighted by molar-refractivity contribution is 7.22. The molecule has 0 spiro atoms. The Bertz CT molecular complexity index is 985. The molecular formula is C15H8F3N3O3S. The number of fused-ring (bicyclic) bond motifs is 1. The molecule has 0 bridgehead atoms. The van der Waals surface area contributed by atoms with Gasteiger partial charge in [-0.15, -0.1) is 0 Å². The Kier molecular flexibility index (Phi) is 4.13. The highest BCUT2D eigenvalue weighted by Gasteiger charge is 2.31. The molecule has 6 nitrogen and oxygen atoms in total. The lowest BCUT2D eigenvalue weighted by atomic mass is 10.1. The van der Waals surface area contributed by atoms with E-state index in [-0.39, 0.29) is 16.4 Å². The van der Waals surface area contributed by atoms with Crippen LogP contribution in [-0.2, 0) is 6.18 Å². The van der Waals surface area contributed by atoms with Gasteiger partial charge in [0.25, 0.3) is 11.6 Å². The summed E-state index contributed by atoms with van der Waals surface area (Å²) in [5, 5.41) is 13.3. The molecule has 0 aliphatic rings. The van der Waals surface area contributed by atoms with E-state index in [9.17, 15) is 28.1 Å². The van der Waals surface area contributed by atoms with Crippen LogP contribution in [0.4, 0.5) is 24.0 Å². The van der Waals surface area contributed by atoms with Crippen molar-refractivity contribution in [2.75, 3.05) is 5.32 Å². The number of hydrogen-bond acceptors (Lipinski definition) is 5. The van der Waals surface area contributed by atoms with Crippen molar-refractivity contribution in [3.05, 3.63) is 63.7 Å². The van der Waals surface area contributed by atoms with Crippen LogP contribution >= 0.6 is 11.3 Å². The summed E-state index contributed by atoms with van der Waals surface area (Å²) in [6.07, 6.45) is -4.55. The monoisotopic (exact) mass is 367 g/mol. The molecule has 3 rings (SSSR count). The van der Waals surface area contributed by atoms with Crippen molar-refractivity contribution in [2.45, 2.75) is 6.18 Å². The summed E-state index contributed by atoms with van der Waals surface area (Å²) in [7, 11) is 0. The third kappa shape index (κ3) is 3.58. The smallest absolute Gasteiger partial charge is 0.298 e. The number of nitro benzene ring substituents is 1. The maximum absolute atomic E-state index is 12.7. The molecule has 0 aliphatic heterocycles. The molecule has 10 heteroatoms. The molecule has 1 aromatic heterocycles. The summed E-state index contributed by atoms with van der Waals surface area (Å²) in [6, 6.07) is 8.05. The Morgan fingerprint density at radius 2 is 1.96 bits per heavy atom. The van der Waals surface area contributed by atoms with Gasteiger partial charge in [0.05, 0.1) is 20.7 Å². The average Bonchev–Trinajstić information content (AvgIpc) is 2.95. The van der Waals surface area contributed by atoms with Crippen LogP contribution in [0, 0.1) is 10.1 Å². The van der Waals surface area contributed by atoms with E-state index in [2.05, 4.69) is 10.3 Å². The average molecular weight is 367 g/mol. The highest BCUT2D eigenvalue weighted by Crippen LogP contribution is 2.31. The third-order valence-electron chi connectivity index (χ3n) is 3.25. The Morgan fingerprint density at radius 3 is 2.64 bits per heavy atom. The second-order valence-corrected chi connectivity index (χ2v) is 5.99. The van der Waals surface area contributed by atoms with E-state index in [1.807, 2.05) is 0 Å². The SMILES string of the molecule is O=C(Nc1nc2cc([N+](=O)[O-])ccc2s1)c1cccc(C(F)(F)F)c1. The van der Waals surface area contributed by atoms with Crippen LogP contribution in [0.5, 0.6) is 0 Å². The van der Waals surface area contributed by atoms with Gasteiger partial charge in [0.2, 0.25) is 0 Å². The molecule has 1 amide bonds. The number of halogens is 3. The van der Waals surface area contributed by atoms with Crippen LogP contribution in [0.15, 0.2) is 42.5 Å².